The number of piperidine rings is 1. The van der Waals surface area contributed by atoms with Gasteiger partial charge in [-0.05, 0) is 44.5 Å². The van der Waals surface area contributed by atoms with E-state index >= 15 is 0 Å². The zero-order chi connectivity index (χ0) is 21.3. The van der Waals surface area contributed by atoms with Crippen LogP contribution in [0, 0.1) is 5.92 Å². The molecule has 0 aromatic heterocycles. The maximum Gasteiger partial charge on any atom is 0.221 e. The van der Waals surface area contributed by atoms with Crippen molar-refractivity contribution in [3.05, 3.63) is 24.3 Å². The predicted octanol–water partition coefficient (Wildman–Crippen LogP) is 0.980. The highest BCUT2D eigenvalue weighted by Gasteiger charge is 2.24. The fourth-order valence-corrected chi connectivity index (χ4v) is 4.31. The van der Waals surface area contributed by atoms with Crippen LogP contribution in [-0.2, 0) is 4.79 Å². The summed E-state index contributed by atoms with van der Waals surface area (Å²) in [6, 6.07) is 8.24. The lowest BCUT2D eigenvalue weighted by molar-refractivity contribution is -0.123. The molecule has 3 rings (SSSR count). The summed E-state index contributed by atoms with van der Waals surface area (Å²) >= 11 is 0. The van der Waals surface area contributed by atoms with E-state index in [-0.39, 0.29) is 11.8 Å². The first-order valence-electron chi connectivity index (χ1n) is 11.0. The van der Waals surface area contributed by atoms with E-state index < -0.39 is 0 Å². The summed E-state index contributed by atoms with van der Waals surface area (Å²) in [6.07, 6.45) is 3.01. The van der Waals surface area contributed by atoms with Crippen molar-refractivity contribution in [3.63, 3.8) is 0 Å². The van der Waals surface area contributed by atoms with E-state index in [0.717, 1.165) is 83.3 Å². The van der Waals surface area contributed by atoms with Crippen LogP contribution in [0.15, 0.2) is 29.3 Å². The number of nitrogens with one attached hydrogen (secondary N) is 1. The number of ether oxygens (including phenoxy) is 1. The van der Waals surface area contributed by atoms with E-state index in [1.165, 1.54) is 5.69 Å². The zero-order valence-corrected chi connectivity index (χ0v) is 18.3. The number of rotatable bonds is 7. The van der Waals surface area contributed by atoms with Crippen molar-refractivity contribution in [3.8, 4) is 5.75 Å². The summed E-state index contributed by atoms with van der Waals surface area (Å²) in [5.74, 6) is 1.71. The van der Waals surface area contributed by atoms with Crippen LogP contribution < -0.4 is 20.7 Å². The van der Waals surface area contributed by atoms with Gasteiger partial charge in [0.1, 0.15) is 5.75 Å². The van der Waals surface area contributed by atoms with E-state index in [0.29, 0.717) is 0 Å². The van der Waals surface area contributed by atoms with Crippen LogP contribution in [0.25, 0.3) is 0 Å². The summed E-state index contributed by atoms with van der Waals surface area (Å²) in [5.41, 5.74) is 6.68. The van der Waals surface area contributed by atoms with Gasteiger partial charge in [0.15, 0.2) is 5.96 Å². The Morgan fingerprint density at radius 2 is 2.07 bits per heavy atom. The highest BCUT2D eigenvalue weighted by Crippen LogP contribution is 2.22. The van der Waals surface area contributed by atoms with E-state index in [4.69, 9.17) is 10.5 Å². The van der Waals surface area contributed by atoms with Gasteiger partial charge in [-0.15, -0.1) is 0 Å². The molecule has 0 saturated carbocycles. The molecule has 2 fully saturated rings. The smallest absolute Gasteiger partial charge is 0.221 e. The summed E-state index contributed by atoms with van der Waals surface area (Å²) in [6.45, 7) is 7.50. The number of aliphatic imine (C=N–C) groups is 1. The van der Waals surface area contributed by atoms with Gasteiger partial charge in [0.2, 0.25) is 5.91 Å². The molecule has 2 aliphatic heterocycles. The van der Waals surface area contributed by atoms with Crippen LogP contribution in [0.1, 0.15) is 19.3 Å². The van der Waals surface area contributed by atoms with Crippen LogP contribution in [-0.4, -0.2) is 88.2 Å². The lowest BCUT2D eigenvalue weighted by Crippen LogP contribution is -2.52. The number of carbonyl (C=O) groups is 1. The van der Waals surface area contributed by atoms with Gasteiger partial charge in [-0.1, -0.05) is 6.07 Å². The van der Waals surface area contributed by atoms with Gasteiger partial charge < -0.3 is 30.5 Å². The highest BCUT2D eigenvalue weighted by atomic mass is 16.5. The Bertz CT molecular complexity index is 717. The van der Waals surface area contributed by atoms with Gasteiger partial charge in [-0.2, -0.15) is 0 Å². The molecule has 2 saturated heterocycles. The van der Waals surface area contributed by atoms with Crippen molar-refractivity contribution in [1.29, 1.82) is 0 Å². The quantitative estimate of drug-likeness (QED) is 0.392. The Morgan fingerprint density at radius 1 is 1.27 bits per heavy atom. The number of guanidine groups is 1. The van der Waals surface area contributed by atoms with E-state index in [1.807, 2.05) is 19.2 Å². The number of piperazine rings is 1. The maximum absolute atomic E-state index is 11.4. The number of hydrogen-bond acceptors (Lipinski definition) is 5. The Kier molecular flexibility index (Phi) is 8.19. The second-order valence-electron chi connectivity index (χ2n) is 8.05. The molecule has 8 nitrogen and oxygen atoms in total. The second kappa shape index (κ2) is 11.1. The van der Waals surface area contributed by atoms with Crippen molar-refractivity contribution >= 4 is 17.6 Å². The number of likely N-dealkylation sites (tertiary alicyclic amines) is 1. The monoisotopic (exact) mass is 416 g/mol. The van der Waals surface area contributed by atoms with Crippen molar-refractivity contribution in [2.45, 2.75) is 19.3 Å². The number of primary amides is 1. The Labute approximate surface area is 180 Å². The van der Waals surface area contributed by atoms with Crippen LogP contribution in [0.2, 0.25) is 0 Å². The third-order valence-corrected chi connectivity index (χ3v) is 6.05. The fraction of sp³-hybridized carbons (Fsp3) is 0.636. The van der Waals surface area contributed by atoms with Crippen molar-refractivity contribution in [2.75, 3.05) is 71.4 Å². The lowest BCUT2D eigenvalue weighted by Gasteiger charge is -2.38. The van der Waals surface area contributed by atoms with Crippen LogP contribution in [0.4, 0.5) is 5.69 Å². The summed E-state index contributed by atoms with van der Waals surface area (Å²) < 4.78 is 5.35. The third-order valence-electron chi connectivity index (χ3n) is 6.05. The highest BCUT2D eigenvalue weighted by molar-refractivity contribution is 5.80. The SMILES string of the molecule is CN=C(NCCCN1CCCC(C(N)=O)C1)N1CCN(c2cccc(OC)c2)CC1. The minimum Gasteiger partial charge on any atom is -0.497 e. The minimum atomic E-state index is -0.161. The molecule has 8 heteroatoms. The van der Waals surface area contributed by atoms with E-state index in [1.54, 1.807) is 7.11 Å². The number of amides is 1. The molecule has 1 atom stereocenters. The van der Waals surface area contributed by atoms with Crippen LogP contribution in [0.3, 0.4) is 0 Å². The molecule has 30 heavy (non-hydrogen) atoms. The van der Waals surface area contributed by atoms with Crippen LogP contribution >= 0.6 is 0 Å². The molecule has 0 spiro atoms. The molecule has 0 bridgehead atoms. The lowest BCUT2D eigenvalue weighted by atomic mass is 9.97. The molecule has 1 aromatic rings. The summed E-state index contributed by atoms with van der Waals surface area (Å²) in [4.78, 5) is 23.0. The van der Waals surface area contributed by atoms with E-state index in [2.05, 4.69) is 37.1 Å². The number of carbonyl (C=O) groups excluding carboxylic acids is 1. The number of methoxy groups -OCH3 is 1. The van der Waals surface area contributed by atoms with Gasteiger partial charge in [-0.25, -0.2) is 0 Å². The Balaban J connectivity index is 1.39. The molecular formula is C22H36N6O2. The molecule has 1 aromatic carbocycles. The Hall–Kier alpha value is -2.48. The zero-order valence-electron chi connectivity index (χ0n) is 18.3. The topological polar surface area (TPSA) is 86.4 Å². The maximum atomic E-state index is 11.4. The number of hydrogen-bond donors (Lipinski definition) is 2. The summed E-state index contributed by atoms with van der Waals surface area (Å²) in [7, 11) is 3.55. The molecular weight excluding hydrogens is 380 g/mol. The van der Waals surface area contributed by atoms with E-state index in [9.17, 15) is 4.79 Å². The molecule has 1 unspecified atom stereocenters. The third kappa shape index (κ3) is 6.01. The fourth-order valence-electron chi connectivity index (χ4n) is 4.31. The molecule has 0 radical (unpaired) electrons. The predicted molar refractivity (Wildman–Crippen MR) is 121 cm³/mol. The first kappa shape index (κ1) is 22.2. The number of benzene rings is 1. The molecule has 2 heterocycles. The summed E-state index contributed by atoms with van der Waals surface area (Å²) in [5, 5.41) is 3.50. The number of nitrogens with zero attached hydrogens (tertiary/aromatic N) is 4. The number of nitrogens with two attached hydrogens (primary N) is 1. The Morgan fingerprint density at radius 3 is 2.77 bits per heavy atom. The van der Waals surface area contributed by atoms with Gasteiger partial charge in [0.25, 0.3) is 0 Å². The molecule has 1 amide bonds. The van der Waals surface area contributed by atoms with Gasteiger partial charge in [-0.3, -0.25) is 9.79 Å². The standard InChI is InChI=1S/C22H36N6O2/c1-24-22(25-9-5-11-26-10-4-6-18(17-26)21(23)29)28-14-12-27(13-15-28)19-7-3-8-20(16-19)30-2/h3,7-8,16,18H,4-6,9-15,17H2,1-2H3,(H2,23,29)(H,24,25). The van der Waals surface area contributed by atoms with Gasteiger partial charge >= 0.3 is 0 Å². The van der Waals surface area contributed by atoms with Crippen molar-refractivity contribution in [2.24, 2.45) is 16.6 Å². The average molecular weight is 417 g/mol. The van der Waals surface area contributed by atoms with Gasteiger partial charge in [0.05, 0.1) is 13.0 Å². The average Bonchev–Trinajstić information content (AvgIpc) is 2.79. The second-order valence-corrected chi connectivity index (χ2v) is 8.05. The first-order valence-corrected chi connectivity index (χ1v) is 11.0. The van der Waals surface area contributed by atoms with Crippen molar-refractivity contribution < 1.29 is 9.53 Å². The first-order chi connectivity index (χ1) is 14.6. The largest absolute Gasteiger partial charge is 0.497 e. The number of anilines is 1. The molecule has 0 aliphatic carbocycles. The van der Waals surface area contributed by atoms with Gasteiger partial charge in [0, 0.05) is 58.1 Å². The molecule has 2 aliphatic rings. The van der Waals surface area contributed by atoms with Crippen molar-refractivity contribution in [1.82, 2.24) is 15.1 Å². The minimum absolute atomic E-state index is 0.0142. The normalized spacial score (nSPS) is 20.9. The van der Waals surface area contributed by atoms with Crippen LogP contribution in [0.5, 0.6) is 5.75 Å². The molecule has 166 valence electrons. The molecule has 3 N–H and O–H groups in total.